The number of carboxylic acids is 1. The normalized spacial score (nSPS) is 14.0. The quantitative estimate of drug-likeness (QED) is 0.607. The predicted octanol–water partition coefficient (Wildman–Crippen LogP) is 2.15. The Morgan fingerprint density at radius 2 is 2.00 bits per heavy atom. The highest BCUT2D eigenvalue weighted by molar-refractivity contribution is 5.79. The van der Waals surface area contributed by atoms with E-state index in [2.05, 4.69) is 0 Å². The minimum atomic E-state index is -0.957. The van der Waals surface area contributed by atoms with E-state index >= 15 is 0 Å². The van der Waals surface area contributed by atoms with Crippen molar-refractivity contribution in [3.63, 3.8) is 0 Å². The molecule has 3 N–H and O–H groups in total. The van der Waals surface area contributed by atoms with Crippen molar-refractivity contribution in [1.82, 2.24) is 0 Å². The van der Waals surface area contributed by atoms with Crippen molar-refractivity contribution in [2.45, 2.75) is 25.9 Å². The van der Waals surface area contributed by atoms with E-state index in [0.717, 1.165) is 11.6 Å². The van der Waals surface area contributed by atoms with Gasteiger partial charge in [0.15, 0.2) is 0 Å². The molecule has 0 radical (unpaired) electrons. The molecule has 0 heterocycles. The third-order valence-corrected chi connectivity index (χ3v) is 3.17. The summed E-state index contributed by atoms with van der Waals surface area (Å²) in [4.78, 5) is 10.3. The molecule has 0 saturated carbocycles. The van der Waals surface area contributed by atoms with Crippen LogP contribution in [-0.4, -0.2) is 34.5 Å². The monoisotopic (exact) mass is 294 g/mol. The van der Waals surface area contributed by atoms with E-state index in [4.69, 9.17) is 14.9 Å². The Morgan fingerprint density at radius 3 is 2.57 bits per heavy atom. The number of aliphatic carboxylic acids is 1. The number of allylic oxidation sites excluding steroid dienone is 1. The lowest BCUT2D eigenvalue weighted by molar-refractivity contribution is -0.131. The molecule has 1 aromatic carbocycles. The Morgan fingerprint density at radius 1 is 1.33 bits per heavy atom. The largest absolute Gasteiger partial charge is 0.491 e. The molecule has 0 aromatic heterocycles. The summed E-state index contributed by atoms with van der Waals surface area (Å²) in [5, 5.41) is 27.4. The van der Waals surface area contributed by atoms with Gasteiger partial charge >= 0.3 is 5.97 Å². The fourth-order valence-electron chi connectivity index (χ4n) is 1.95. The first-order chi connectivity index (χ1) is 10.0. The van der Waals surface area contributed by atoms with E-state index in [1.807, 2.05) is 6.92 Å². The van der Waals surface area contributed by atoms with E-state index in [1.165, 1.54) is 0 Å². The number of hydrogen-bond donors (Lipinski definition) is 3. The minimum Gasteiger partial charge on any atom is -0.491 e. The van der Waals surface area contributed by atoms with Crippen LogP contribution in [0, 0.1) is 5.92 Å². The molecule has 21 heavy (non-hydrogen) atoms. The summed E-state index contributed by atoms with van der Waals surface area (Å²) in [5.41, 5.74) is 0.793. The fraction of sp³-hybridized carbons (Fsp3) is 0.438. The standard InChI is InChI=1S/C16H22O5/c1-12(4-2-3-5-15(18)19)16(20)13-6-8-14(9-7-13)21-11-10-17/h3,5-9,12,16-17,20H,2,4,10-11H2,1H3,(H,18,19)/b5-3+/t12-,16+/m0/s1. The van der Waals surface area contributed by atoms with E-state index < -0.39 is 12.1 Å². The van der Waals surface area contributed by atoms with Gasteiger partial charge in [-0.3, -0.25) is 0 Å². The molecule has 1 rings (SSSR count). The number of carboxylic acid groups (broad SMARTS) is 1. The van der Waals surface area contributed by atoms with Crippen molar-refractivity contribution in [2.24, 2.45) is 5.92 Å². The van der Waals surface area contributed by atoms with Crippen molar-refractivity contribution in [3.05, 3.63) is 42.0 Å². The first-order valence-corrected chi connectivity index (χ1v) is 6.95. The molecule has 0 aliphatic rings. The molecule has 0 aliphatic heterocycles. The SMILES string of the molecule is C[C@@H](CC/C=C/C(=O)O)[C@@H](O)c1ccc(OCCO)cc1. The highest BCUT2D eigenvalue weighted by atomic mass is 16.5. The number of benzene rings is 1. The molecule has 0 bridgehead atoms. The van der Waals surface area contributed by atoms with Crippen LogP contribution >= 0.6 is 0 Å². The second-order valence-electron chi connectivity index (χ2n) is 4.88. The van der Waals surface area contributed by atoms with Crippen molar-refractivity contribution in [3.8, 4) is 5.75 Å². The number of hydrogen-bond acceptors (Lipinski definition) is 4. The van der Waals surface area contributed by atoms with Crippen LogP contribution in [0.1, 0.15) is 31.4 Å². The highest BCUT2D eigenvalue weighted by Gasteiger charge is 2.15. The molecule has 0 spiro atoms. The van der Waals surface area contributed by atoms with Crippen LogP contribution < -0.4 is 4.74 Å². The summed E-state index contributed by atoms with van der Waals surface area (Å²) in [6, 6.07) is 7.10. The van der Waals surface area contributed by atoms with Gasteiger partial charge in [0.1, 0.15) is 12.4 Å². The van der Waals surface area contributed by atoms with Gasteiger partial charge in [-0.2, -0.15) is 0 Å². The van der Waals surface area contributed by atoms with Crippen LogP contribution in [0.25, 0.3) is 0 Å². The lowest BCUT2D eigenvalue weighted by Gasteiger charge is -2.19. The van der Waals surface area contributed by atoms with Gasteiger partial charge in [-0.25, -0.2) is 4.79 Å². The number of aliphatic hydroxyl groups excluding tert-OH is 2. The third-order valence-electron chi connectivity index (χ3n) is 3.17. The van der Waals surface area contributed by atoms with Crippen LogP contribution in [0.4, 0.5) is 0 Å². The number of ether oxygens (including phenoxy) is 1. The predicted molar refractivity (Wildman–Crippen MR) is 79.2 cm³/mol. The maximum absolute atomic E-state index is 10.3. The Hall–Kier alpha value is -1.85. The van der Waals surface area contributed by atoms with E-state index in [0.29, 0.717) is 18.6 Å². The topological polar surface area (TPSA) is 87.0 Å². The Balaban J connectivity index is 2.49. The molecule has 0 fully saturated rings. The van der Waals surface area contributed by atoms with Gasteiger partial charge in [-0.05, 0) is 36.5 Å². The van der Waals surface area contributed by atoms with Crippen LogP contribution in [0.15, 0.2) is 36.4 Å². The van der Waals surface area contributed by atoms with Gasteiger partial charge in [-0.1, -0.05) is 25.1 Å². The zero-order valence-corrected chi connectivity index (χ0v) is 12.1. The molecule has 0 unspecified atom stereocenters. The van der Waals surface area contributed by atoms with Crippen molar-refractivity contribution in [1.29, 1.82) is 0 Å². The lowest BCUT2D eigenvalue weighted by Crippen LogP contribution is -2.09. The number of carbonyl (C=O) groups is 1. The molecule has 5 heteroatoms. The Labute approximate surface area is 124 Å². The van der Waals surface area contributed by atoms with Gasteiger partial charge in [0.2, 0.25) is 0 Å². The Bertz CT molecular complexity index is 452. The second kappa shape index (κ2) is 9.15. The van der Waals surface area contributed by atoms with Crippen LogP contribution in [-0.2, 0) is 4.79 Å². The van der Waals surface area contributed by atoms with Gasteiger partial charge in [0.25, 0.3) is 0 Å². The van der Waals surface area contributed by atoms with Crippen molar-refractivity contribution in [2.75, 3.05) is 13.2 Å². The van der Waals surface area contributed by atoms with E-state index in [9.17, 15) is 9.90 Å². The van der Waals surface area contributed by atoms with Crippen LogP contribution in [0.5, 0.6) is 5.75 Å². The van der Waals surface area contributed by atoms with Crippen molar-refractivity contribution < 1.29 is 24.9 Å². The molecular formula is C16H22O5. The molecule has 0 aliphatic carbocycles. The summed E-state index contributed by atoms with van der Waals surface area (Å²) in [6.07, 6.45) is 3.43. The molecular weight excluding hydrogens is 272 g/mol. The molecule has 0 saturated heterocycles. The summed E-state index contributed by atoms with van der Waals surface area (Å²) >= 11 is 0. The summed E-state index contributed by atoms with van der Waals surface area (Å²) < 4.78 is 5.26. The number of aliphatic hydroxyl groups is 2. The molecule has 0 amide bonds. The van der Waals surface area contributed by atoms with Gasteiger partial charge < -0.3 is 20.1 Å². The van der Waals surface area contributed by atoms with Gasteiger partial charge in [-0.15, -0.1) is 0 Å². The zero-order valence-electron chi connectivity index (χ0n) is 12.1. The maximum Gasteiger partial charge on any atom is 0.327 e. The molecule has 2 atom stereocenters. The molecule has 1 aromatic rings. The smallest absolute Gasteiger partial charge is 0.327 e. The Kier molecular flexibility index (Phi) is 7.50. The summed E-state index contributed by atoms with van der Waals surface area (Å²) in [5.74, 6) is -0.286. The first kappa shape index (κ1) is 17.2. The van der Waals surface area contributed by atoms with Crippen LogP contribution in [0.2, 0.25) is 0 Å². The maximum atomic E-state index is 10.3. The minimum absolute atomic E-state index is 0.0210. The molecule has 116 valence electrons. The second-order valence-corrected chi connectivity index (χ2v) is 4.88. The van der Waals surface area contributed by atoms with E-state index in [1.54, 1.807) is 30.3 Å². The van der Waals surface area contributed by atoms with E-state index in [-0.39, 0.29) is 19.1 Å². The first-order valence-electron chi connectivity index (χ1n) is 6.95. The van der Waals surface area contributed by atoms with Gasteiger partial charge in [0, 0.05) is 6.08 Å². The van der Waals surface area contributed by atoms with Gasteiger partial charge in [0.05, 0.1) is 12.7 Å². The average molecular weight is 294 g/mol. The zero-order chi connectivity index (χ0) is 15.7. The molecule has 5 nitrogen and oxygen atoms in total. The van der Waals surface area contributed by atoms with Crippen molar-refractivity contribution >= 4 is 5.97 Å². The number of rotatable bonds is 9. The lowest BCUT2D eigenvalue weighted by atomic mass is 9.93. The average Bonchev–Trinajstić information content (AvgIpc) is 2.49. The third kappa shape index (κ3) is 6.42. The summed E-state index contributed by atoms with van der Waals surface area (Å²) in [7, 11) is 0. The fourth-order valence-corrected chi connectivity index (χ4v) is 1.95. The highest BCUT2D eigenvalue weighted by Crippen LogP contribution is 2.26. The summed E-state index contributed by atoms with van der Waals surface area (Å²) in [6.45, 7) is 2.13. The van der Waals surface area contributed by atoms with Crippen LogP contribution in [0.3, 0.4) is 0 Å².